The molecule has 6 nitrogen and oxygen atoms in total. The lowest BCUT2D eigenvalue weighted by Crippen LogP contribution is -2.43. The van der Waals surface area contributed by atoms with Gasteiger partial charge in [-0.15, -0.1) is 5.92 Å². The predicted molar refractivity (Wildman–Crippen MR) is 459 cm³/mol. The number of nitrogens with zero attached hydrogens (tertiary/aromatic N) is 2. The highest BCUT2D eigenvalue weighted by molar-refractivity contribution is 6.32. The third-order valence-corrected chi connectivity index (χ3v) is 23.7. The van der Waals surface area contributed by atoms with E-state index in [-0.39, 0.29) is 44.4 Å². The maximum absolute atomic E-state index is 15.2. The zero-order valence-electron chi connectivity index (χ0n) is 65.2. The van der Waals surface area contributed by atoms with Crippen molar-refractivity contribution in [3.63, 3.8) is 0 Å². The van der Waals surface area contributed by atoms with E-state index in [0.717, 1.165) is 75.9 Å². The molecule has 2 fully saturated rings. The molecule has 0 spiro atoms. The van der Waals surface area contributed by atoms with Gasteiger partial charge >= 0.3 is 12.4 Å². The summed E-state index contributed by atoms with van der Waals surface area (Å²) < 4.78 is 93.7. The molecule has 4 unspecified atom stereocenters. The Labute approximate surface area is 689 Å². The Bertz CT molecular complexity index is 5700. The number of hydrogen-bond acceptors (Lipinski definition) is 4. The highest BCUT2D eigenvalue weighted by atomic mass is 35.5. The average molecular weight is 1620 g/mol. The molecule has 0 bridgehead atoms. The Kier molecular flexibility index (Phi) is 22.1. The number of alkyl halides is 6. The summed E-state index contributed by atoms with van der Waals surface area (Å²) in [5.74, 6) is 10.3. The molecule has 2 aliphatic heterocycles. The molecule has 586 valence electrons. The molecule has 0 radical (unpaired) electrons. The fourth-order valence-corrected chi connectivity index (χ4v) is 18.5. The summed E-state index contributed by atoms with van der Waals surface area (Å²) in [7, 11) is 0. The van der Waals surface area contributed by atoms with Gasteiger partial charge in [-0.05, 0) is 211 Å². The Morgan fingerprint density at radius 2 is 0.930 bits per heavy atom. The van der Waals surface area contributed by atoms with Crippen molar-refractivity contribution in [1.29, 1.82) is 0 Å². The first kappa shape index (κ1) is 81.4. The van der Waals surface area contributed by atoms with Crippen LogP contribution < -0.4 is 10.6 Å². The Morgan fingerprint density at radius 1 is 0.478 bits per heavy atom. The van der Waals surface area contributed by atoms with Crippen molar-refractivity contribution in [2.24, 2.45) is 11.8 Å². The van der Waals surface area contributed by atoms with Crippen molar-refractivity contribution in [2.45, 2.75) is 145 Å². The van der Waals surface area contributed by atoms with Gasteiger partial charge in [0, 0.05) is 87.1 Å². The smallest absolute Gasteiger partial charge is 0.380 e. The second kappa shape index (κ2) is 31.1. The van der Waals surface area contributed by atoms with Crippen LogP contribution in [0.3, 0.4) is 0 Å². The molecule has 2 aromatic heterocycles. The van der Waals surface area contributed by atoms with Gasteiger partial charge in [0.1, 0.15) is 16.7 Å². The number of allylic oxidation sites excluding steroid dienone is 12. The molecule has 9 aromatic carbocycles. The number of hydrogen-bond donors (Lipinski definition) is 4. The first-order valence-corrected chi connectivity index (χ1v) is 40.0. The second-order valence-electron chi connectivity index (χ2n) is 32.1. The van der Waals surface area contributed by atoms with Gasteiger partial charge in [-0.2, -0.15) is 26.3 Å². The monoisotopic (exact) mass is 1620 g/mol. The van der Waals surface area contributed by atoms with Crippen molar-refractivity contribution < 1.29 is 36.6 Å². The number of anilines is 2. The number of halogens is 10. The van der Waals surface area contributed by atoms with Crippen LogP contribution >= 0.6 is 46.4 Å². The Balaban J connectivity index is 0.000000132. The quantitative estimate of drug-likeness (QED) is 0.0591. The first-order valence-electron chi connectivity index (χ1n) is 38.5. The standard InChI is InChI=1S/C32H25ClF3NO.C32H23ClF3N.C20H20ClN.C15H20ClNO/c33-27-18-19-29(28(22-27)30(38,32(34,35)36)21-20-23-16-17-23)37-31(24-10-4-1-5-11-24,25-12-6-2-7-13-25)26-14-8-3-9-15-26;33-24-17-18-26-25(20-24)28(32(34,35)36)29-30(21-15-16-21)19-9-3-8-14-27(30)31(37(26)29,22-10-4-1-5-11-22)23-12-6-2-7-13-23;1-13-15-12-14(21)9-10-16(15)22-18(13)20(4)11-7-5-6-8-17(20)19(22,2)3;1-6-9-15(5,18)12-10-11(16)7-8-13(12)17-14(2,3)4/h1-15,18-19,22-23,37-38H,16-17H2;1-14,17-21H,15-16H2;5-12H,1-4H3;7-8,10,17-18H,1-5H3. The normalized spacial score (nSPS) is 19.1. The number of aliphatic hydroxyl groups is 2. The van der Waals surface area contributed by atoms with Gasteiger partial charge in [0.2, 0.25) is 5.60 Å². The minimum absolute atomic E-state index is 0.0521. The van der Waals surface area contributed by atoms with Crippen LogP contribution in [0.2, 0.25) is 20.1 Å². The molecule has 0 amide bonds. The van der Waals surface area contributed by atoms with Gasteiger partial charge in [0.25, 0.3) is 0 Å². The first-order chi connectivity index (χ1) is 54.7. The number of fused-ring (bicyclic) bond motifs is 10. The number of nitrogens with one attached hydrogen (secondary N) is 2. The van der Waals surface area contributed by atoms with Crippen LogP contribution in [0.25, 0.3) is 21.8 Å². The van der Waals surface area contributed by atoms with Crippen LogP contribution in [0.15, 0.2) is 296 Å². The molecular formula is C99H88Cl4F6N4O2. The molecule has 2 saturated carbocycles. The van der Waals surface area contributed by atoms with E-state index < -0.39 is 51.2 Å². The maximum atomic E-state index is 15.2. The molecule has 6 aliphatic rings. The van der Waals surface area contributed by atoms with Gasteiger partial charge in [-0.3, -0.25) is 0 Å². The summed E-state index contributed by atoms with van der Waals surface area (Å²) in [6, 6.07) is 69.1. The molecule has 16 heteroatoms. The van der Waals surface area contributed by atoms with Crippen LogP contribution in [0, 0.1) is 42.4 Å². The van der Waals surface area contributed by atoms with Crippen molar-refractivity contribution in [1.82, 2.24) is 9.13 Å². The molecule has 4 aliphatic carbocycles. The van der Waals surface area contributed by atoms with Gasteiger partial charge < -0.3 is 30.0 Å². The zero-order chi connectivity index (χ0) is 81.9. The molecule has 4 N–H and O–H groups in total. The Hall–Kier alpha value is -10.1. The van der Waals surface area contributed by atoms with Crippen molar-refractivity contribution in [2.75, 3.05) is 10.6 Å². The average Bonchev–Trinajstić information content (AvgIpc) is 1.48. The molecule has 115 heavy (non-hydrogen) atoms. The second-order valence-corrected chi connectivity index (χ2v) is 33.9. The van der Waals surface area contributed by atoms with E-state index >= 15 is 13.2 Å². The summed E-state index contributed by atoms with van der Waals surface area (Å²) in [5.41, 5.74) is 4.26. The molecule has 0 saturated heterocycles. The summed E-state index contributed by atoms with van der Waals surface area (Å²) >= 11 is 24.8. The number of rotatable bonds is 11. The fraction of sp³-hybridized carbons (Fsp3) is 0.253. The molecular weight excluding hydrogens is 1530 g/mol. The van der Waals surface area contributed by atoms with Crippen LogP contribution in [0.1, 0.15) is 143 Å². The highest BCUT2D eigenvalue weighted by Gasteiger charge is 2.66. The Morgan fingerprint density at radius 3 is 1.41 bits per heavy atom. The van der Waals surface area contributed by atoms with E-state index in [1.807, 2.05) is 193 Å². The van der Waals surface area contributed by atoms with Crippen molar-refractivity contribution in [3.05, 3.63) is 378 Å². The van der Waals surface area contributed by atoms with Crippen LogP contribution in [0.5, 0.6) is 0 Å². The minimum Gasteiger partial charge on any atom is -0.380 e. The number of aryl methyl sites for hydroxylation is 1. The largest absolute Gasteiger partial charge is 0.433 e. The van der Waals surface area contributed by atoms with Gasteiger partial charge in [0.15, 0.2) is 0 Å². The minimum atomic E-state index is -5.06. The topological polar surface area (TPSA) is 74.4 Å². The molecule has 11 aromatic rings. The van der Waals surface area contributed by atoms with E-state index in [4.69, 9.17) is 46.4 Å². The molecule has 4 atom stereocenters. The van der Waals surface area contributed by atoms with E-state index in [2.05, 4.69) is 136 Å². The van der Waals surface area contributed by atoms with Gasteiger partial charge in [-0.25, -0.2) is 0 Å². The van der Waals surface area contributed by atoms with Crippen LogP contribution in [-0.4, -0.2) is 31.1 Å². The highest BCUT2D eigenvalue weighted by Crippen LogP contribution is 2.68. The summed E-state index contributed by atoms with van der Waals surface area (Å²) in [6.45, 7) is 18.7. The van der Waals surface area contributed by atoms with Crippen LogP contribution in [0.4, 0.5) is 37.7 Å². The van der Waals surface area contributed by atoms with E-state index in [1.54, 1.807) is 38.1 Å². The van der Waals surface area contributed by atoms with E-state index in [0.29, 0.717) is 26.8 Å². The van der Waals surface area contributed by atoms with Crippen molar-refractivity contribution in [3.8, 4) is 23.7 Å². The lowest BCUT2D eigenvalue weighted by molar-refractivity contribution is -0.240. The predicted octanol–water partition coefficient (Wildman–Crippen LogP) is 26.2. The third kappa shape index (κ3) is 14.9. The summed E-state index contributed by atoms with van der Waals surface area (Å²) in [5, 5.41) is 31.6. The lowest BCUT2D eigenvalue weighted by atomic mass is 9.64. The number of aromatic nitrogens is 2. The van der Waals surface area contributed by atoms with Gasteiger partial charge in [-0.1, -0.05) is 277 Å². The summed E-state index contributed by atoms with van der Waals surface area (Å²) in [6.07, 6.45) is 14.5. The fourth-order valence-electron chi connectivity index (χ4n) is 17.8. The summed E-state index contributed by atoms with van der Waals surface area (Å²) in [4.78, 5) is 0. The van der Waals surface area contributed by atoms with E-state index in [9.17, 15) is 23.4 Å². The van der Waals surface area contributed by atoms with E-state index in [1.165, 1.54) is 45.9 Å². The van der Waals surface area contributed by atoms with Crippen molar-refractivity contribution >= 4 is 79.6 Å². The number of benzene rings is 9. The zero-order valence-corrected chi connectivity index (χ0v) is 68.2. The molecule has 17 rings (SSSR count). The van der Waals surface area contributed by atoms with Crippen LogP contribution in [-0.2, 0) is 44.8 Å². The third-order valence-electron chi connectivity index (χ3n) is 22.7. The lowest BCUT2D eigenvalue weighted by Gasteiger charge is -2.39. The van der Waals surface area contributed by atoms with Gasteiger partial charge in [0.05, 0.1) is 22.0 Å². The SMILES string of the molecule is CC#CC(C)(O)c1cc(Cl)ccc1NC(C)(C)C.Cc1c2n(c3ccc(Cl)cc13)C(C)(C)C1=CC=CC=CC12C.FC(F)(F)c1c2n(c3ccc(Cl)cc13)C(c1ccccc1)(c1ccccc1)C1=CC=CC=CC12C1CC1.OC(C#CC1CC1)(c1cc(Cl)ccc1NC(c1ccccc1)(c1ccccc1)c1ccccc1)C(F)(F)F. The molecule has 4 heterocycles. The maximum Gasteiger partial charge on any atom is 0.433 e.